The Bertz CT molecular complexity index is 219. The van der Waals surface area contributed by atoms with E-state index in [0.29, 0.717) is 11.6 Å². The van der Waals surface area contributed by atoms with E-state index in [1.165, 1.54) is 51.5 Å². The van der Waals surface area contributed by atoms with E-state index in [0.717, 1.165) is 5.92 Å². The van der Waals surface area contributed by atoms with E-state index in [4.69, 9.17) is 0 Å². The van der Waals surface area contributed by atoms with E-state index < -0.39 is 0 Å². The maximum Gasteiger partial charge on any atom is 0.0190 e. The molecule has 0 saturated heterocycles. The van der Waals surface area contributed by atoms with Crippen LogP contribution in [-0.4, -0.2) is 37.1 Å². The highest BCUT2D eigenvalue weighted by molar-refractivity contribution is 4.90. The molecule has 0 bridgehead atoms. The Kier molecular flexibility index (Phi) is 6.65. The zero-order chi connectivity index (χ0) is 13.6. The first kappa shape index (κ1) is 16.0. The van der Waals surface area contributed by atoms with Crippen LogP contribution in [-0.2, 0) is 0 Å². The molecule has 1 N–H and O–H groups in total. The Hall–Kier alpha value is -0.0800. The van der Waals surface area contributed by atoms with Gasteiger partial charge in [0.15, 0.2) is 0 Å². The van der Waals surface area contributed by atoms with E-state index in [2.05, 4.69) is 45.1 Å². The molecular formula is C16H34N2. The predicted molar refractivity (Wildman–Crippen MR) is 81.0 cm³/mol. The van der Waals surface area contributed by atoms with Gasteiger partial charge in [0.1, 0.15) is 0 Å². The molecule has 2 nitrogen and oxygen atoms in total. The first-order valence-electron chi connectivity index (χ1n) is 7.88. The highest BCUT2D eigenvalue weighted by atomic mass is 15.1. The third-order valence-corrected chi connectivity index (χ3v) is 4.85. The van der Waals surface area contributed by atoms with Crippen molar-refractivity contribution in [3.8, 4) is 0 Å². The van der Waals surface area contributed by atoms with Gasteiger partial charge in [0.2, 0.25) is 0 Å². The Morgan fingerprint density at radius 3 is 2.22 bits per heavy atom. The monoisotopic (exact) mass is 254 g/mol. The molecule has 0 aliphatic heterocycles. The third kappa shape index (κ3) is 4.89. The second-order valence-electron chi connectivity index (χ2n) is 6.80. The molecule has 0 heterocycles. The van der Waals surface area contributed by atoms with Crippen molar-refractivity contribution in [2.75, 3.05) is 20.6 Å². The van der Waals surface area contributed by atoms with Gasteiger partial charge >= 0.3 is 0 Å². The number of rotatable bonds is 7. The molecule has 2 heteroatoms. The van der Waals surface area contributed by atoms with Gasteiger partial charge in [-0.3, -0.25) is 0 Å². The van der Waals surface area contributed by atoms with Crippen LogP contribution in [0.15, 0.2) is 0 Å². The Morgan fingerprint density at radius 2 is 1.72 bits per heavy atom. The minimum absolute atomic E-state index is 0.435. The molecular weight excluding hydrogens is 220 g/mol. The Labute approximate surface area is 115 Å². The molecule has 1 saturated carbocycles. The lowest BCUT2D eigenvalue weighted by molar-refractivity contribution is 0.167. The fraction of sp³-hybridized carbons (Fsp3) is 1.00. The molecule has 18 heavy (non-hydrogen) atoms. The summed E-state index contributed by atoms with van der Waals surface area (Å²) in [6.07, 6.45) is 9.61. The normalized spacial score (nSPS) is 21.5. The quantitative estimate of drug-likeness (QED) is 0.746. The van der Waals surface area contributed by atoms with E-state index in [9.17, 15) is 0 Å². The van der Waals surface area contributed by atoms with Crippen molar-refractivity contribution in [2.45, 2.75) is 77.3 Å². The zero-order valence-electron chi connectivity index (χ0n) is 13.3. The number of nitrogens with one attached hydrogen (secondary N) is 1. The SMILES string of the molecule is CNC1(CCN(C)C(C)CC(C)C)CCCCC1. The van der Waals surface area contributed by atoms with Gasteiger partial charge in [-0.2, -0.15) is 0 Å². The molecule has 1 atom stereocenters. The van der Waals surface area contributed by atoms with Crippen molar-refractivity contribution in [3.05, 3.63) is 0 Å². The van der Waals surface area contributed by atoms with E-state index in [-0.39, 0.29) is 0 Å². The maximum absolute atomic E-state index is 3.63. The number of hydrogen-bond donors (Lipinski definition) is 1. The van der Waals surface area contributed by atoms with Gasteiger partial charge in [-0.1, -0.05) is 33.1 Å². The summed E-state index contributed by atoms with van der Waals surface area (Å²) in [5.41, 5.74) is 0.435. The molecule has 0 aromatic carbocycles. The molecule has 0 aromatic heterocycles. The summed E-state index contributed by atoms with van der Waals surface area (Å²) in [5.74, 6) is 0.801. The zero-order valence-corrected chi connectivity index (χ0v) is 13.3. The molecule has 0 radical (unpaired) electrons. The summed E-state index contributed by atoms with van der Waals surface area (Å²) in [7, 11) is 4.45. The highest BCUT2D eigenvalue weighted by Gasteiger charge is 2.30. The highest BCUT2D eigenvalue weighted by Crippen LogP contribution is 2.31. The van der Waals surface area contributed by atoms with Crippen LogP contribution >= 0.6 is 0 Å². The minimum Gasteiger partial charge on any atom is -0.314 e. The lowest BCUT2D eigenvalue weighted by Crippen LogP contribution is -2.47. The molecule has 0 aromatic rings. The van der Waals surface area contributed by atoms with Crippen molar-refractivity contribution in [1.82, 2.24) is 10.2 Å². The van der Waals surface area contributed by atoms with Crippen LogP contribution in [0.5, 0.6) is 0 Å². The standard InChI is InChI=1S/C16H34N2/c1-14(2)13-15(3)18(5)12-11-16(17-4)9-7-6-8-10-16/h14-15,17H,6-13H2,1-5H3. The molecule has 1 fully saturated rings. The van der Waals surface area contributed by atoms with Gasteiger partial charge in [0, 0.05) is 11.6 Å². The Balaban J connectivity index is 2.37. The molecule has 108 valence electrons. The van der Waals surface area contributed by atoms with E-state index in [1.54, 1.807) is 0 Å². The van der Waals surface area contributed by atoms with Crippen molar-refractivity contribution < 1.29 is 0 Å². The average Bonchev–Trinajstić information content (AvgIpc) is 2.36. The van der Waals surface area contributed by atoms with Crippen LogP contribution in [0.4, 0.5) is 0 Å². The maximum atomic E-state index is 3.63. The molecule has 0 amide bonds. The van der Waals surface area contributed by atoms with Crippen LogP contribution in [0, 0.1) is 5.92 Å². The summed E-state index contributed by atoms with van der Waals surface area (Å²) in [5, 5.41) is 3.63. The summed E-state index contributed by atoms with van der Waals surface area (Å²) in [4.78, 5) is 2.55. The number of hydrogen-bond acceptors (Lipinski definition) is 2. The minimum atomic E-state index is 0.435. The second kappa shape index (κ2) is 7.49. The smallest absolute Gasteiger partial charge is 0.0190 e. The fourth-order valence-corrected chi connectivity index (χ4v) is 3.33. The van der Waals surface area contributed by atoms with Crippen LogP contribution in [0.3, 0.4) is 0 Å². The lowest BCUT2D eigenvalue weighted by Gasteiger charge is -2.39. The van der Waals surface area contributed by atoms with Crippen LogP contribution < -0.4 is 5.32 Å². The van der Waals surface area contributed by atoms with E-state index in [1.807, 2.05) is 0 Å². The van der Waals surface area contributed by atoms with Gasteiger partial charge in [0.05, 0.1) is 0 Å². The van der Waals surface area contributed by atoms with E-state index >= 15 is 0 Å². The van der Waals surface area contributed by atoms with Gasteiger partial charge in [0.25, 0.3) is 0 Å². The van der Waals surface area contributed by atoms with Crippen molar-refractivity contribution in [3.63, 3.8) is 0 Å². The molecule has 1 rings (SSSR count). The lowest BCUT2D eigenvalue weighted by atomic mass is 9.79. The van der Waals surface area contributed by atoms with Crippen molar-refractivity contribution in [1.29, 1.82) is 0 Å². The summed E-state index contributed by atoms with van der Waals surface area (Å²) < 4.78 is 0. The summed E-state index contributed by atoms with van der Waals surface area (Å²) >= 11 is 0. The van der Waals surface area contributed by atoms with Crippen molar-refractivity contribution >= 4 is 0 Å². The van der Waals surface area contributed by atoms with Gasteiger partial charge in [-0.15, -0.1) is 0 Å². The third-order valence-electron chi connectivity index (χ3n) is 4.85. The molecule has 1 unspecified atom stereocenters. The largest absolute Gasteiger partial charge is 0.314 e. The van der Waals surface area contributed by atoms with Crippen molar-refractivity contribution in [2.24, 2.45) is 5.92 Å². The fourth-order valence-electron chi connectivity index (χ4n) is 3.33. The summed E-state index contributed by atoms with van der Waals surface area (Å²) in [6, 6.07) is 0.711. The number of nitrogens with zero attached hydrogens (tertiary/aromatic N) is 1. The second-order valence-corrected chi connectivity index (χ2v) is 6.80. The molecule has 1 aliphatic rings. The first-order chi connectivity index (χ1) is 8.49. The Morgan fingerprint density at radius 1 is 1.11 bits per heavy atom. The topological polar surface area (TPSA) is 15.3 Å². The van der Waals surface area contributed by atoms with Gasteiger partial charge in [-0.05, 0) is 59.2 Å². The van der Waals surface area contributed by atoms with Crippen LogP contribution in [0.2, 0.25) is 0 Å². The van der Waals surface area contributed by atoms with Gasteiger partial charge < -0.3 is 10.2 Å². The first-order valence-corrected chi connectivity index (χ1v) is 7.88. The average molecular weight is 254 g/mol. The molecule has 0 spiro atoms. The van der Waals surface area contributed by atoms with Gasteiger partial charge in [-0.25, -0.2) is 0 Å². The molecule has 1 aliphatic carbocycles. The summed E-state index contributed by atoms with van der Waals surface area (Å²) in [6.45, 7) is 8.24. The predicted octanol–water partition coefficient (Wildman–Crippen LogP) is 3.67. The van der Waals surface area contributed by atoms with Crippen LogP contribution in [0.1, 0.15) is 65.7 Å². The van der Waals surface area contributed by atoms with Crippen LogP contribution in [0.25, 0.3) is 0 Å².